The highest BCUT2D eigenvalue weighted by Gasteiger charge is 2.66. The lowest BCUT2D eigenvalue weighted by Crippen LogP contribution is -2.52. The van der Waals surface area contributed by atoms with Gasteiger partial charge in [0.2, 0.25) is 6.17 Å². The first-order chi connectivity index (χ1) is 8.65. The van der Waals surface area contributed by atoms with Crippen molar-refractivity contribution in [1.82, 2.24) is 0 Å². The van der Waals surface area contributed by atoms with Crippen LogP contribution >= 0.6 is 0 Å². The number of rotatable bonds is 8. The Morgan fingerprint density at radius 3 is 1.70 bits per heavy atom. The zero-order valence-corrected chi connectivity index (χ0v) is 9.59. The molecule has 0 fully saturated rings. The highest BCUT2D eigenvalue weighted by Crippen LogP contribution is 2.42. The van der Waals surface area contributed by atoms with Crippen molar-refractivity contribution in [2.24, 2.45) is 0 Å². The van der Waals surface area contributed by atoms with Gasteiger partial charge in [-0.3, -0.25) is 0 Å². The molecular weight excluding hydrogens is 318 g/mol. The van der Waals surface area contributed by atoms with Crippen molar-refractivity contribution >= 4 is 0 Å². The third-order valence-corrected chi connectivity index (χ3v) is 1.61. The van der Waals surface area contributed by atoms with Crippen molar-refractivity contribution in [2.45, 2.75) is 37.3 Å². The normalized spacial score (nSPS) is 16.4. The van der Waals surface area contributed by atoms with Crippen LogP contribution in [0.3, 0.4) is 0 Å². The molecule has 0 aromatic heterocycles. The molecule has 0 aliphatic rings. The van der Waals surface area contributed by atoms with Crippen LogP contribution in [-0.2, 0) is 9.47 Å². The summed E-state index contributed by atoms with van der Waals surface area (Å²) >= 11 is 0. The van der Waals surface area contributed by atoms with Crippen molar-refractivity contribution in [3.8, 4) is 0 Å². The highest BCUT2D eigenvalue weighted by molar-refractivity contribution is 4.75. The van der Waals surface area contributed by atoms with Gasteiger partial charge >= 0.3 is 18.3 Å². The van der Waals surface area contributed by atoms with E-state index in [0.717, 1.165) is 0 Å². The van der Waals surface area contributed by atoms with Gasteiger partial charge in [-0.25, -0.2) is 22.3 Å². The molecule has 0 N–H and O–H groups in total. The standard InChI is InChI=1S/C8H8F10O2/c1-5(11,12)3-19-7(15,16)8(17,18)20-6(13,14)4(10)2-9/h4H,2-3H2,1H3. The lowest BCUT2D eigenvalue weighted by atomic mass is 10.4. The summed E-state index contributed by atoms with van der Waals surface area (Å²) in [4.78, 5) is 0. The second-order valence-corrected chi connectivity index (χ2v) is 3.68. The molecular formula is C8H8F10O2. The van der Waals surface area contributed by atoms with Crippen LogP contribution in [-0.4, -0.2) is 43.7 Å². The molecule has 20 heavy (non-hydrogen) atoms. The monoisotopic (exact) mass is 326 g/mol. The van der Waals surface area contributed by atoms with E-state index in [0.29, 0.717) is 0 Å². The third-order valence-electron chi connectivity index (χ3n) is 1.61. The molecule has 2 nitrogen and oxygen atoms in total. The van der Waals surface area contributed by atoms with Gasteiger partial charge in [0, 0.05) is 6.92 Å². The van der Waals surface area contributed by atoms with E-state index in [4.69, 9.17) is 0 Å². The molecule has 0 radical (unpaired) electrons. The molecule has 12 heteroatoms. The molecule has 0 aromatic carbocycles. The molecule has 0 spiro atoms. The van der Waals surface area contributed by atoms with Crippen molar-refractivity contribution < 1.29 is 53.4 Å². The fourth-order valence-electron chi connectivity index (χ4n) is 0.685. The summed E-state index contributed by atoms with van der Waals surface area (Å²) in [7, 11) is 0. The summed E-state index contributed by atoms with van der Waals surface area (Å²) in [6.07, 6.45) is -21.6. The van der Waals surface area contributed by atoms with Crippen LogP contribution in [0.15, 0.2) is 0 Å². The van der Waals surface area contributed by atoms with E-state index >= 15 is 0 Å². The maximum absolute atomic E-state index is 12.7. The maximum atomic E-state index is 12.7. The molecule has 0 heterocycles. The molecule has 0 saturated heterocycles. The largest absolute Gasteiger partial charge is 0.452 e. The summed E-state index contributed by atoms with van der Waals surface area (Å²) in [5.41, 5.74) is 0. The Bertz CT molecular complexity index is 313. The van der Waals surface area contributed by atoms with Gasteiger partial charge < -0.3 is 4.74 Å². The molecule has 0 aliphatic heterocycles. The molecule has 0 rings (SSSR count). The minimum Gasteiger partial charge on any atom is -0.307 e. The predicted octanol–water partition coefficient (Wildman–Crippen LogP) is 3.76. The molecule has 0 saturated carbocycles. The van der Waals surface area contributed by atoms with Crippen molar-refractivity contribution in [2.75, 3.05) is 13.3 Å². The van der Waals surface area contributed by atoms with E-state index in [2.05, 4.69) is 9.47 Å². The lowest BCUT2D eigenvalue weighted by Gasteiger charge is -2.30. The van der Waals surface area contributed by atoms with E-state index < -0.39 is 43.7 Å². The highest BCUT2D eigenvalue weighted by atomic mass is 19.3. The van der Waals surface area contributed by atoms with Crippen molar-refractivity contribution in [3.63, 3.8) is 0 Å². The number of hydrogen-bond acceptors (Lipinski definition) is 2. The van der Waals surface area contributed by atoms with Crippen LogP contribution in [0, 0.1) is 0 Å². The van der Waals surface area contributed by atoms with Crippen LogP contribution in [0.1, 0.15) is 6.92 Å². The summed E-state index contributed by atoms with van der Waals surface area (Å²) in [5, 5.41) is 0. The first kappa shape index (κ1) is 19.2. The van der Waals surface area contributed by atoms with Crippen LogP contribution in [0.25, 0.3) is 0 Å². The van der Waals surface area contributed by atoms with Crippen LogP contribution in [0.4, 0.5) is 43.9 Å². The smallest absolute Gasteiger partial charge is 0.307 e. The Hall–Kier alpha value is -0.780. The zero-order valence-electron chi connectivity index (χ0n) is 9.59. The minimum absolute atomic E-state index is 0.0252. The van der Waals surface area contributed by atoms with E-state index in [9.17, 15) is 43.9 Å². The number of hydrogen-bond donors (Lipinski definition) is 0. The Balaban J connectivity index is 4.93. The average molecular weight is 326 g/mol. The van der Waals surface area contributed by atoms with Crippen LogP contribution in [0.2, 0.25) is 0 Å². The van der Waals surface area contributed by atoms with Gasteiger partial charge in [-0.2, -0.15) is 26.3 Å². The summed E-state index contributed by atoms with van der Waals surface area (Å²) in [6, 6.07) is 0. The molecule has 122 valence electrons. The fraction of sp³-hybridized carbons (Fsp3) is 1.00. The predicted molar refractivity (Wildman–Crippen MR) is 43.4 cm³/mol. The second kappa shape index (κ2) is 5.92. The SMILES string of the molecule is CC(F)(F)COC(F)(F)C(F)(F)OC(F)(F)C(F)CF. The first-order valence-electron chi connectivity index (χ1n) is 4.70. The molecule has 0 aliphatic carbocycles. The number of alkyl halides is 10. The average Bonchev–Trinajstić information content (AvgIpc) is 2.22. The second-order valence-electron chi connectivity index (χ2n) is 3.68. The van der Waals surface area contributed by atoms with Crippen LogP contribution < -0.4 is 0 Å². The van der Waals surface area contributed by atoms with Gasteiger partial charge in [-0.1, -0.05) is 0 Å². The number of ether oxygens (including phenoxy) is 2. The van der Waals surface area contributed by atoms with Crippen molar-refractivity contribution in [3.05, 3.63) is 0 Å². The Labute approximate surface area is 105 Å². The topological polar surface area (TPSA) is 18.5 Å². The Kier molecular flexibility index (Phi) is 5.69. The van der Waals surface area contributed by atoms with E-state index in [1.807, 2.05) is 0 Å². The third kappa shape index (κ3) is 5.31. The van der Waals surface area contributed by atoms with Gasteiger partial charge in [0.05, 0.1) is 0 Å². The van der Waals surface area contributed by atoms with E-state index in [1.54, 1.807) is 0 Å². The first-order valence-corrected chi connectivity index (χ1v) is 4.70. The quantitative estimate of drug-likeness (QED) is 0.632. The van der Waals surface area contributed by atoms with E-state index in [-0.39, 0.29) is 6.92 Å². The summed E-state index contributed by atoms with van der Waals surface area (Å²) in [6.45, 7) is -4.72. The Morgan fingerprint density at radius 1 is 0.900 bits per heavy atom. The summed E-state index contributed by atoms with van der Waals surface area (Å²) in [5.74, 6) is -3.97. The van der Waals surface area contributed by atoms with Crippen LogP contribution in [0.5, 0.6) is 0 Å². The minimum atomic E-state index is -6.17. The van der Waals surface area contributed by atoms with Gasteiger partial charge in [0.25, 0.3) is 5.92 Å². The molecule has 1 atom stereocenters. The molecule has 0 amide bonds. The molecule has 0 aromatic rings. The maximum Gasteiger partial charge on any atom is 0.452 e. The van der Waals surface area contributed by atoms with Gasteiger partial charge in [0.1, 0.15) is 13.3 Å². The molecule has 0 bridgehead atoms. The Morgan fingerprint density at radius 2 is 1.35 bits per heavy atom. The van der Waals surface area contributed by atoms with E-state index in [1.165, 1.54) is 0 Å². The number of halogens is 10. The molecule has 1 unspecified atom stereocenters. The van der Waals surface area contributed by atoms with Gasteiger partial charge in [0.15, 0.2) is 0 Å². The van der Waals surface area contributed by atoms with Crippen molar-refractivity contribution in [1.29, 1.82) is 0 Å². The lowest BCUT2D eigenvalue weighted by molar-refractivity contribution is -0.489. The zero-order chi connectivity index (χ0) is 16.4. The summed E-state index contributed by atoms with van der Waals surface area (Å²) < 4.78 is 129. The van der Waals surface area contributed by atoms with Gasteiger partial charge in [-0.15, -0.1) is 0 Å². The van der Waals surface area contributed by atoms with Gasteiger partial charge in [-0.05, 0) is 0 Å². The fourth-order valence-corrected chi connectivity index (χ4v) is 0.685.